The van der Waals surface area contributed by atoms with E-state index in [1.165, 1.54) is 5.56 Å². The first kappa shape index (κ1) is 15.3. The van der Waals surface area contributed by atoms with E-state index in [-0.39, 0.29) is 17.9 Å². The fourth-order valence-electron chi connectivity index (χ4n) is 3.71. The maximum Gasteiger partial charge on any atom is 0.225 e. The van der Waals surface area contributed by atoms with E-state index >= 15 is 0 Å². The Hall–Kier alpha value is -1.55. The number of hydrogen-bond acceptors (Lipinski definition) is 3. The quantitative estimate of drug-likeness (QED) is 0.883. The molecule has 1 aromatic carbocycles. The van der Waals surface area contributed by atoms with E-state index in [9.17, 15) is 4.79 Å². The summed E-state index contributed by atoms with van der Waals surface area (Å²) in [4.78, 5) is 12.7. The van der Waals surface area contributed by atoms with E-state index in [0.717, 1.165) is 42.6 Å². The molecule has 1 aromatic rings. The lowest BCUT2D eigenvalue weighted by molar-refractivity contribution is -0.129. The number of benzene rings is 1. The van der Waals surface area contributed by atoms with Crippen molar-refractivity contribution in [2.75, 3.05) is 6.61 Å². The fraction of sp³-hybridized carbons (Fsp3) is 0.611. The average molecular weight is 302 g/mol. The maximum absolute atomic E-state index is 12.7. The number of nitrogens with two attached hydrogens (primary N) is 1. The summed E-state index contributed by atoms with van der Waals surface area (Å²) >= 11 is 0. The molecule has 2 aliphatic rings. The van der Waals surface area contributed by atoms with Crippen molar-refractivity contribution in [1.82, 2.24) is 5.32 Å². The van der Waals surface area contributed by atoms with Crippen LogP contribution >= 0.6 is 0 Å². The van der Waals surface area contributed by atoms with Crippen LogP contribution in [-0.2, 0) is 4.79 Å². The highest BCUT2D eigenvalue weighted by molar-refractivity contribution is 5.81. The molecular weight excluding hydrogens is 276 g/mol. The van der Waals surface area contributed by atoms with Gasteiger partial charge in [-0.05, 0) is 44.7 Å². The van der Waals surface area contributed by atoms with Crippen LogP contribution in [0.15, 0.2) is 12.1 Å². The summed E-state index contributed by atoms with van der Waals surface area (Å²) in [5, 5.41) is 3.16. The smallest absolute Gasteiger partial charge is 0.225 e. The highest BCUT2D eigenvalue weighted by Crippen LogP contribution is 2.38. The monoisotopic (exact) mass is 302 g/mol. The van der Waals surface area contributed by atoms with Crippen LogP contribution in [0.1, 0.15) is 55.3 Å². The third kappa shape index (κ3) is 2.60. The van der Waals surface area contributed by atoms with E-state index in [2.05, 4.69) is 31.3 Å². The predicted octanol–water partition coefficient (Wildman–Crippen LogP) is 2.76. The first-order valence-corrected chi connectivity index (χ1v) is 8.22. The number of hydrogen-bond donors (Lipinski definition) is 2. The third-order valence-corrected chi connectivity index (χ3v) is 5.36. The molecule has 1 amide bonds. The van der Waals surface area contributed by atoms with Gasteiger partial charge in [0.2, 0.25) is 5.91 Å². The van der Waals surface area contributed by atoms with E-state index in [4.69, 9.17) is 10.5 Å². The predicted molar refractivity (Wildman–Crippen MR) is 86.8 cm³/mol. The molecule has 4 nitrogen and oxygen atoms in total. The Bertz CT molecular complexity index is 595. The highest BCUT2D eigenvalue weighted by Gasteiger charge is 2.39. The van der Waals surface area contributed by atoms with Crippen LogP contribution in [0.5, 0.6) is 5.75 Å². The number of ether oxygens (including phenoxy) is 1. The summed E-state index contributed by atoms with van der Waals surface area (Å²) in [5.41, 5.74) is 9.42. The summed E-state index contributed by atoms with van der Waals surface area (Å²) in [7, 11) is 0. The topological polar surface area (TPSA) is 64.3 Å². The van der Waals surface area contributed by atoms with Crippen molar-refractivity contribution in [2.24, 2.45) is 11.7 Å². The number of carbonyl (C=O) groups is 1. The maximum atomic E-state index is 12.7. The molecule has 0 spiro atoms. The summed E-state index contributed by atoms with van der Waals surface area (Å²) < 4.78 is 5.82. The van der Waals surface area contributed by atoms with Crippen LogP contribution < -0.4 is 15.8 Å². The molecule has 0 bridgehead atoms. The Morgan fingerprint density at radius 1 is 1.36 bits per heavy atom. The number of rotatable bonds is 2. The van der Waals surface area contributed by atoms with Gasteiger partial charge in [0, 0.05) is 11.1 Å². The molecule has 4 heteroatoms. The molecule has 3 N–H and O–H groups in total. The number of nitrogens with one attached hydrogen (secondary N) is 1. The number of fused-ring (bicyclic) bond motifs is 1. The molecule has 1 saturated carbocycles. The van der Waals surface area contributed by atoms with Crippen molar-refractivity contribution < 1.29 is 9.53 Å². The summed E-state index contributed by atoms with van der Waals surface area (Å²) in [6, 6.07) is 4.10. The molecule has 3 unspecified atom stereocenters. The van der Waals surface area contributed by atoms with E-state index in [1.807, 2.05) is 6.92 Å². The summed E-state index contributed by atoms with van der Waals surface area (Å²) in [5.74, 6) is 0.908. The largest absolute Gasteiger partial charge is 0.490 e. The van der Waals surface area contributed by atoms with Crippen molar-refractivity contribution in [2.45, 2.75) is 58.0 Å². The minimum absolute atomic E-state index is 0.0560. The van der Waals surface area contributed by atoms with E-state index < -0.39 is 5.54 Å². The molecule has 3 atom stereocenters. The zero-order valence-electron chi connectivity index (χ0n) is 13.7. The number of aryl methyl sites for hydroxylation is 1. The van der Waals surface area contributed by atoms with E-state index in [1.54, 1.807) is 0 Å². The van der Waals surface area contributed by atoms with Gasteiger partial charge in [0.25, 0.3) is 0 Å². The lowest BCUT2D eigenvalue weighted by Gasteiger charge is -2.37. The van der Waals surface area contributed by atoms with Gasteiger partial charge in [0.15, 0.2) is 0 Å². The molecule has 3 rings (SSSR count). The zero-order chi connectivity index (χ0) is 15.9. The van der Waals surface area contributed by atoms with Gasteiger partial charge in [0.05, 0.1) is 12.0 Å². The normalized spacial score (nSPS) is 30.5. The minimum Gasteiger partial charge on any atom is -0.490 e. The van der Waals surface area contributed by atoms with Crippen molar-refractivity contribution in [3.05, 3.63) is 28.8 Å². The Kier molecular flexibility index (Phi) is 3.89. The SMILES string of the molecule is Cc1ccc2c(c1C)OCC2NC(=O)C1CCCCC1(C)N. The standard InChI is InChI=1S/C18H26N2O2/c1-11-7-8-13-15(10-22-16(13)12(11)2)20-17(21)14-6-4-5-9-18(14,3)19/h7-8,14-15H,4-6,9-10,19H2,1-3H3,(H,20,21). The van der Waals surface area contributed by atoms with Crippen LogP contribution in [0.4, 0.5) is 0 Å². The molecule has 1 fully saturated rings. The van der Waals surface area contributed by atoms with Gasteiger partial charge in [-0.3, -0.25) is 4.79 Å². The summed E-state index contributed by atoms with van der Waals surface area (Å²) in [6.07, 6.45) is 4.00. The van der Waals surface area contributed by atoms with Crippen LogP contribution in [0.2, 0.25) is 0 Å². The Balaban J connectivity index is 1.76. The molecule has 0 radical (unpaired) electrons. The second-order valence-electron chi connectivity index (χ2n) is 7.10. The first-order valence-electron chi connectivity index (χ1n) is 8.22. The van der Waals surface area contributed by atoms with Crippen molar-refractivity contribution in [3.63, 3.8) is 0 Å². The van der Waals surface area contributed by atoms with Gasteiger partial charge in [-0.2, -0.15) is 0 Å². The molecular formula is C18H26N2O2. The van der Waals surface area contributed by atoms with Crippen molar-refractivity contribution in [1.29, 1.82) is 0 Å². The van der Waals surface area contributed by atoms with Gasteiger partial charge < -0.3 is 15.8 Å². The lowest BCUT2D eigenvalue weighted by Crippen LogP contribution is -2.53. The third-order valence-electron chi connectivity index (χ3n) is 5.36. The van der Waals surface area contributed by atoms with Gasteiger partial charge in [-0.15, -0.1) is 0 Å². The lowest BCUT2D eigenvalue weighted by atomic mass is 9.74. The van der Waals surface area contributed by atoms with Gasteiger partial charge in [-0.1, -0.05) is 25.0 Å². The fourth-order valence-corrected chi connectivity index (χ4v) is 3.71. The second-order valence-corrected chi connectivity index (χ2v) is 7.10. The Morgan fingerprint density at radius 3 is 2.86 bits per heavy atom. The average Bonchev–Trinajstić information content (AvgIpc) is 2.86. The van der Waals surface area contributed by atoms with Crippen LogP contribution in [0, 0.1) is 19.8 Å². The minimum atomic E-state index is -0.395. The van der Waals surface area contributed by atoms with Crippen LogP contribution in [0.25, 0.3) is 0 Å². The van der Waals surface area contributed by atoms with Gasteiger partial charge in [-0.25, -0.2) is 0 Å². The molecule has 1 aliphatic carbocycles. The van der Waals surface area contributed by atoms with Crippen molar-refractivity contribution >= 4 is 5.91 Å². The molecule has 0 aromatic heterocycles. The highest BCUT2D eigenvalue weighted by atomic mass is 16.5. The molecule has 22 heavy (non-hydrogen) atoms. The number of carbonyl (C=O) groups excluding carboxylic acids is 1. The summed E-state index contributed by atoms with van der Waals surface area (Å²) in [6.45, 7) is 6.66. The molecule has 1 aliphatic heterocycles. The van der Waals surface area contributed by atoms with Gasteiger partial charge >= 0.3 is 0 Å². The Morgan fingerprint density at radius 2 is 2.14 bits per heavy atom. The molecule has 1 heterocycles. The second kappa shape index (κ2) is 5.58. The van der Waals surface area contributed by atoms with Crippen LogP contribution in [-0.4, -0.2) is 18.1 Å². The van der Waals surface area contributed by atoms with Crippen LogP contribution in [0.3, 0.4) is 0 Å². The van der Waals surface area contributed by atoms with Crippen molar-refractivity contribution in [3.8, 4) is 5.75 Å². The zero-order valence-corrected chi connectivity index (χ0v) is 13.7. The molecule has 0 saturated heterocycles. The number of amides is 1. The van der Waals surface area contributed by atoms with E-state index in [0.29, 0.717) is 6.61 Å². The first-order chi connectivity index (χ1) is 10.4. The Labute approximate surface area is 132 Å². The van der Waals surface area contributed by atoms with Gasteiger partial charge in [0.1, 0.15) is 12.4 Å². The molecule has 120 valence electrons.